The third-order valence-electron chi connectivity index (χ3n) is 2.18. The molecule has 0 atom stereocenters. The summed E-state index contributed by atoms with van der Waals surface area (Å²) in [5.41, 5.74) is 6.90. The Hall–Kier alpha value is -1.22. The zero-order valence-electron chi connectivity index (χ0n) is 9.03. The molecule has 0 aliphatic carbocycles. The Kier molecular flexibility index (Phi) is 5.79. The first kappa shape index (κ1) is 13.8. The van der Waals surface area contributed by atoms with Gasteiger partial charge in [-0.1, -0.05) is 6.07 Å². The van der Waals surface area contributed by atoms with Crippen LogP contribution >= 0.6 is 0 Å². The molecule has 84 valence electrons. The van der Waals surface area contributed by atoms with Gasteiger partial charge in [0, 0.05) is 24.3 Å². The molecular formula is C11H16ClN2O-. The standard InChI is InChI=1S/C11H16N2O.ClH/c1-3-13(4-2)11(14)9-6-5-7-10(12)8-9;/h5-8H,3-4,12H2,1-2H3;1H/p-1. The molecule has 0 radical (unpaired) electrons. The number of rotatable bonds is 3. The van der Waals surface area contributed by atoms with E-state index in [9.17, 15) is 4.79 Å². The maximum absolute atomic E-state index is 11.8. The van der Waals surface area contributed by atoms with Crippen LogP contribution in [0.2, 0.25) is 0 Å². The number of nitrogen functional groups attached to an aromatic ring is 1. The van der Waals surface area contributed by atoms with E-state index in [4.69, 9.17) is 5.73 Å². The fraction of sp³-hybridized carbons (Fsp3) is 0.364. The fourth-order valence-corrected chi connectivity index (χ4v) is 1.37. The number of nitrogens with zero attached hydrogens (tertiary/aromatic N) is 1. The van der Waals surface area contributed by atoms with Crippen molar-refractivity contribution < 1.29 is 17.2 Å². The van der Waals surface area contributed by atoms with Gasteiger partial charge < -0.3 is 23.0 Å². The van der Waals surface area contributed by atoms with Gasteiger partial charge in [-0.05, 0) is 32.0 Å². The van der Waals surface area contributed by atoms with E-state index in [-0.39, 0.29) is 18.3 Å². The Labute approximate surface area is 96.7 Å². The van der Waals surface area contributed by atoms with Crippen LogP contribution < -0.4 is 18.1 Å². The van der Waals surface area contributed by atoms with E-state index in [2.05, 4.69) is 0 Å². The van der Waals surface area contributed by atoms with Crippen LogP contribution in [0.25, 0.3) is 0 Å². The van der Waals surface area contributed by atoms with Gasteiger partial charge in [0.05, 0.1) is 0 Å². The number of halogens is 1. The van der Waals surface area contributed by atoms with E-state index in [1.807, 2.05) is 13.8 Å². The SMILES string of the molecule is CCN(CC)C(=O)c1cccc(N)c1.[Cl-]. The molecule has 1 aromatic rings. The van der Waals surface area contributed by atoms with Crippen molar-refractivity contribution in [2.24, 2.45) is 0 Å². The molecule has 0 bridgehead atoms. The van der Waals surface area contributed by atoms with Crippen LogP contribution in [0.1, 0.15) is 24.2 Å². The minimum absolute atomic E-state index is 0. The average molecular weight is 228 g/mol. The summed E-state index contributed by atoms with van der Waals surface area (Å²) in [5.74, 6) is 0.0438. The van der Waals surface area contributed by atoms with Crippen molar-refractivity contribution in [2.75, 3.05) is 18.8 Å². The molecule has 0 saturated carbocycles. The van der Waals surface area contributed by atoms with E-state index in [0.717, 1.165) is 13.1 Å². The van der Waals surface area contributed by atoms with Gasteiger partial charge in [0.15, 0.2) is 0 Å². The summed E-state index contributed by atoms with van der Waals surface area (Å²) in [6.07, 6.45) is 0. The fourth-order valence-electron chi connectivity index (χ4n) is 1.37. The van der Waals surface area contributed by atoms with E-state index < -0.39 is 0 Å². The van der Waals surface area contributed by atoms with Gasteiger partial charge in [-0.15, -0.1) is 0 Å². The normalized spacial score (nSPS) is 9.20. The zero-order chi connectivity index (χ0) is 10.6. The molecule has 0 saturated heterocycles. The molecule has 0 aliphatic rings. The third kappa shape index (κ3) is 3.44. The highest BCUT2D eigenvalue weighted by Crippen LogP contribution is 2.09. The molecule has 4 heteroatoms. The number of benzene rings is 1. The first-order valence-electron chi connectivity index (χ1n) is 4.83. The second-order valence-corrected chi connectivity index (χ2v) is 3.10. The lowest BCUT2D eigenvalue weighted by molar-refractivity contribution is -0.0000130. The Morgan fingerprint density at radius 2 is 1.93 bits per heavy atom. The van der Waals surface area contributed by atoms with Crippen molar-refractivity contribution in [1.82, 2.24) is 4.90 Å². The van der Waals surface area contributed by atoms with Gasteiger partial charge in [0.2, 0.25) is 0 Å². The molecule has 15 heavy (non-hydrogen) atoms. The first-order chi connectivity index (χ1) is 6.69. The summed E-state index contributed by atoms with van der Waals surface area (Å²) in [5, 5.41) is 0. The van der Waals surface area contributed by atoms with Crippen LogP contribution in [0.5, 0.6) is 0 Å². The van der Waals surface area contributed by atoms with Crippen molar-refractivity contribution in [2.45, 2.75) is 13.8 Å². The van der Waals surface area contributed by atoms with Gasteiger partial charge in [-0.3, -0.25) is 4.79 Å². The quantitative estimate of drug-likeness (QED) is 0.657. The van der Waals surface area contributed by atoms with Crippen molar-refractivity contribution in [3.8, 4) is 0 Å². The second kappa shape index (κ2) is 6.30. The first-order valence-corrected chi connectivity index (χ1v) is 4.83. The molecule has 1 amide bonds. The van der Waals surface area contributed by atoms with Crippen LogP contribution in [0, 0.1) is 0 Å². The van der Waals surface area contributed by atoms with Crippen molar-refractivity contribution >= 4 is 11.6 Å². The Morgan fingerprint density at radius 3 is 2.40 bits per heavy atom. The van der Waals surface area contributed by atoms with Crippen LogP contribution in [0.15, 0.2) is 24.3 Å². The topological polar surface area (TPSA) is 46.3 Å². The minimum Gasteiger partial charge on any atom is -1.00 e. The molecule has 3 nitrogen and oxygen atoms in total. The maximum Gasteiger partial charge on any atom is 0.253 e. The summed E-state index contributed by atoms with van der Waals surface area (Å²) in [4.78, 5) is 13.6. The Bertz CT molecular complexity index is 324. The molecule has 0 fully saturated rings. The molecule has 0 aromatic heterocycles. The van der Waals surface area contributed by atoms with Crippen molar-refractivity contribution in [1.29, 1.82) is 0 Å². The van der Waals surface area contributed by atoms with E-state index in [1.54, 1.807) is 29.2 Å². The summed E-state index contributed by atoms with van der Waals surface area (Å²) < 4.78 is 0. The number of hydrogen-bond acceptors (Lipinski definition) is 2. The number of hydrogen-bond donors (Lipinski definition) is 1. The van der Waals surface area contributed by atoms with Gasteiger partial charge in [-0.25, -0.2) is 0 Å². The summed E-state index contributed by atoms with van der Waals surface area (Å²) in [7, 11) is 0. The van der Waals surface area contributed by atoms with Crippen molar-refractivity contribution in [3.63, 3.8) is 0 Å². The third-order valence-corrected chi connectivity index (χ3v) is 2.18. The predicted molar refractivity (Wildman–Crippen MR) is 58.1 cm³/mol. The van der Waals surface area contributed by atoms with Gasteiger partial charge in [0.1, 0.15) is 0 Å². The lowest BCUT2D eigenvalue weighted by Crippen LogP contribution is -3.00. The number of anilines is 1. The van der Waals surface area contributed by atoms with Crippen LogP contribution in [-0.2, 0) is 0 Å². The van der Waals surface area contributed by atoms with E-state index >= 15 is 0 Å². The molecule has 0 unspecified atom stereocenters. The Morgan fingerprint density at radius 1 is 1.33 bits per heavy atom. The van der Waals surface area contributed by atoms with Gasteiger partial charge >= 0.3 is 0 Å². The van der Waals surface area contributed by atoms with E-state index in [0.29, 0.717) is 11.3 Å². The largest absolute Gasteiger partial charge is 1.00 e. The lowest BCUT2D eigenvalue weighted by atomic mass is 10.2. The Balaban J connectivity index is 0.00000196. The van der Waals surface area contributed by atoms with Crippen LogP contribution in [0.4, 0.5) is 5.69 Å². The summed E-state index contributed by atoms with van der Waals surface area (Å²) in [6.45, 7) is 5.38. The highest BCUT2D eigenvalue weighted by Gasteiger charge is 2.11. The average Bonchev–Trinajstić information content (AvgIpc) is 2.19. The van der Waals surface area contributed by atoms with Crippen molar-refractivity contribution in [3.05, 3.63) is 29.8 Å². The maximum atomic E-state index is 11.8. The second-order valence-electron chi connectivity index (χ2n) is 3.10. The lowest BCUT2D eigenvalue weighted by Gasteiger charge is -2.18. The van der Waals surface area contributed by atoms with E-state index in [1.165, 1.54) is 0 Å². The molecule has 2 N–H and O–H groups in total. The smallest absolute Gasteiger partial charge is 0.253 e. The molecule has 1 aromatic carbocycles. The number of nitrogens with two attached hydrogens (primary N) is 1. The molecule has 0 aliphatic heterocycles. The van der Waals surface area contributed by atoms with Gasteiger partial charge in [-0.2, -0.15) is 0 Å². The zero-order valence-corrected chi connectivity index (χ0v) is 9.79. The molecule has 0 heterocycles. The summed E-state index contributed by atoms with van der Waals surface area (Å²) >= 11 is 0. The summed E-state index contributed by atoms with van der Waals surface area (Å²) in [6, 6.07) is 7.07. The number of carbonyl (C=O) groups excluding carboxylic acids is 1. The molecule has 0 spiro atoms. The highest BCUT2D eigenvalue weighted by atomic mass is 35.5. The highest BCUT2D eigenvalue weighted by molar-refractivity contribution is 5.95. The minimum atomic E-state index is 0. The van der Waals surface area contributed by atoms with Crippen LogP contribution in [-0.4, -0.2) is 23.9 Å². The predicted octanol–water partition coefficient (Wildman–Crippen LogP) is -1.25. The van der Waals surface area contributed by atoms with Gasteiger partial charge in [0.25, 0.3) is 5.91 Å². The molecule has 1 rings (SSSR count). The monoisotopic (exact) mass is 227 g/mol. The van der Waals surface area contributed by atoms with Crippen LogP contribution in [0.3, 0.4) is 0 Å². The number of amides is 1. The molecular weight excluding hydrogens is 212 g/mol. The number of carbonyl (C=O) groups is 1.